The molecule has 1 aliphatic rings. The van der Waals surface area contributed by atoms with Crippen LogP contribution in [0.1, 0.15) is 31.5 Å². The number of benzene rings is 2. The number of ether oxygens (including phenoxy) is 2. The van der Waals surface area contributed by atoms with Gasteiger partial charge in [0.25, 0.3) is 5.89 Å². The zero-order valence-electron chi connectivity index (χ0n) is 17.4. The molecule has 1 N–H and O–H groups in total. The van der Waals surface area contributed by atoms with Gasteiger partial charge < -0.3 is 19.0 Å². The summed E-state index contributed by atoms with van der Waals surface area (Å²) in [6.45, 7) is 3.54. The van der Waals surface area contributed by atoms with E-state index < -0.39 is 6.36 Å². The normalized spacial score (nSPS) is 13.7. The van der Waals surface area contributed by atoms with E-state index in [9.17, 15) is 13.2 Å². The van der Waals surface area contributed by atoms with E-state index >= 15 is 0 Å². The fourth-order valence-corrected chi connectivity index (χ4v) is 4.06. The van der Waals surface area contributed by atoms with Gasteiger partial charge in [-0.2, -0.15) is 4.98 Å². The fraction of sp³-hybridized carbons (Fsp3) is 0.304. The molecule has 2 aromatic heterocycles. The van der Waals surface area contributed by atoms with Crippen LogP contribution in [0.25, 0.3) is 33.7 Å². The molecular weight excluding hydrogens is 423 g/mol. The van der Waals surface area contributed by atoms with Crippen LogP contribution in [0.4, 0.5) is 13.2 Å². The van der Waals surface area contributed by atoms with Crippen molar-refractivity contribution >= 4 is 10.9 Å². The third-order valence-electron chi connectivity index (χ3n) is 5.31. The van der Waals surface area contributed by atoms with E-state index in [1.54, 1.807) is 13.8 Å². The Labute approximate surface area is 181 Å². The Morgan fingerprint density at radius 3 is 2.72 bits per heavy atom. The minimum absolute atomic E-state index is 0.147. The van der Waals surface area contributed by atoms with Gasteiger partial charge in [0.15, 0.2) is 0 Å². The minimum atomic E-state index is -4.80. The first kappa shape index (κ1) is 20.4. The molecule has 6 nitrogen and oxygen atoms in total. The van der Waals surface area contributed by atoms with Crippen LogP contribution in [0.2, 0.25) is 0 Å². The van der Waals surface area contributed by atoms with Gasteiger partial charge in [0.1, 0.15) is 11.5 Å². The number of fused-ring (bicyclic) bond motifs is 3. The van der Waals surface area contributed by atoms with Crippen molar-refractivity contribution in [3.63, 3.8) is 0 Å². The van der Waals surface area contributed by atoms with Crippen LogP contribution in [0, 0.1) is 0 Å². The largest absolute Gasteiger partial charge is 0.573 e. The highest BCUT2D eigenvalue weighted by atomic mass is 19.4. The van der Waals surface area contributed by atoms with Crippen LogP contribution in [-0.2, 0) is 12.8 Å². The number of aryl methyl sites for hydroxylation is 2. The molecule has 9 heteroatoms. The highest BCUT2D eigenvalue weighted by Crippen LogP contribution is 2.37. The molecule has 0 saturated heterocycles. The molecule has 0 radical (unpaired) electrons. The number of halogens is 3. The van der Waals surface area contributed by atoms with Crippen LogP contribution in [0.15, 0.2) is 40.9 Å². The van der Waals surface area contributed by atoms with Gasteiger partial charge >= 0.3 is 6.36 Å². The number of alkyl halides is 3. The number of hydrogen-bond donors (Lipinski definition) is 1. The zero-order chi connectivity index (χ0) is 22.5. The average Bonchev–Trinajstić information content (AvgIpc) is 3.42. The van der Waals surface area contributed by atoms with Crippen molar-refractivity contribution in [3.05, 3.63) is 47.7 Å². The Kier molecular flexibility index (Phi) is 4.83. The summed E-state index contributed by atoms with van der Waals surface area (Å²) in [6.07, 6.45) is -1.85. The molecule has 0 amide bonds. The van der Waals surface area contributed by atoms with Gasteiger partial charge in [-0.05, 0) is 69.0 Å². The van der Waals surface area contributed by atoms with E-state index in [-0.39, 0.29) is 23.5 Å². The number of hydrogen-bond acceptors (Lipinski definition) is 5. The fourth-order valence-electron chi connectivity index (χ4n) is 4.06. The lowest BCUT2D eigenvalue weighted by Crippen LogP contribution is -2.17. The number of H-pyrrole nitrogens is 1. The lowest BCUT2D eigenvalue weighted by molar-refractivity contribution is -0.274. The van der Waals surface area contributed by atoms with Crippen molar-refractivity contribution in [3.8, 4) is 34.3 Å². The molecular formula is C23H20F3N3O3. The maximum atomic E-state index is 12.6. The molecule has 166 valence electrons. The Hall–Kier alpha value is -3.49. The highest BCUT2D eigenvalue weighted by Gasteiger charge is 2.31. The third kappa shape index (κ3) is 3.90. The van der Waals surface area contributed by atoms with Gasteiger partial charge in [-0.15, -0.1) is 13.2 Å². The van der Waals surface area contributed by atoms with Crippen molar-refractivity contribution in [1.82, 2.24) is 15.1 Å². The molecule has 0 aliphatic heterocycles. The lowest BCUT2D eigenvalue weighted by Gasteiger charge is -2.15. The zero-order valence-corrected chi connectivity index (χ0v) is 17.4. The van der Waals surface area contributed by atoms with Gasteiger partial charge in [-0.25, -0.2) is 0 Å². The Bertz CT molecular complexity index is 1290. The summed E-state index contributed by atoms with van der Waals surface area (Å²) in [7, 11) is 0. The van der Waals surface area contributed by atoms with E-state index in [0.717, 1.165) is 35.7 Å². The van der Waals surface area contributed by atoms with Crippen LogP contribution < -0.4 is 9.47 Å². The molecule has 4 aromatic rings. The van der Waals surface area contributed by atoms with Gasteiger partial charge in [0, 0.05) is 28.2 Å². The predicted octanol–water partition coefficient (Wildman–Crippen LogP) is 6.06. The van der Waals surface area contributed by atoms with Crippen molar-refractivity contribution in [1.29, 1.82) is 0 Å². The molecule has 0 bridgehead atoms. The molecule has 32 heavy (non-hydrogen) atoms. The summed E-state index contributed by atoms with van der Waals surface area (Å²) >= 11 is 0. The standard InChI is InChI=1S/C23H20F3N3O3/c1-12(2)30-20-11-14(31-23(24,25)26)7-8-16(20)22-28-21(29-32-22)13-6-9-19-17(10-13)15-4-3-5-18(15)27-19/h6-12,27H,3-5H2,1-2H3. The SMILES string of the molecule is CC(C)Oc1cc(OC(F)(F)F)ccc1-c1nc(-c2ccc3[nH]c4c(c3c2)CCC4)no1. The molecule has 0 atom stereocenters. The second-order valence-electron chi connectivity index (χ2n) is 7.99. The Balaban J connectivity index is 1.50. The Morgan fingerprint density at radius 2 is 1.94 bits per heavy atom. The van der Waals surface area contributed by atoms with Gasteiger partial charge in [-0.3, -0.25) is 0 Å². The second kappa shape index (κ2) is 7.58. The lowest BCUT2D eigenvalue weighted by atomic mass is 10.1. The van der Waals surface area contributed by atoms with Crippen molar-refractivity contribution in [2.24, 2.45) is 0 Å². The molecule has 0 saturated carbocycles. The van der Waals surface area contributed by atoms with Crippen LogP contribution in [0.3, 0.4) is 0 Å². The number of aromatic amines is 1. The molecule has 0 fully saturated rings. The summed E-state index contributed by atoms with van der Waals surface area (Å²) in [4.78, 5) is 7.94. The van der Waals surface area contributed by atoms with Crippen LogP contribution in [-0.4, -0.2) is 27.6 Å². The topological polar surface area (TPSA) is 73.2 Å². The van der Waals surface area contributed by atoms with Gasteiger partial charge in [0.05, 0.1) is 11.7 Å². The summed E-state index contributed by atoms with van der Waals surface area (Å²) in [5.74, 6) is 0.314. The van der Waals surface area contributed by atoms with Crippen molar-refractivity contribution in [2.45, 2.75) is 45.6 Å². The van der Waals surface area contributed by atoms with Gasteiger partial charge in [-0.1, -0.05) is 5.16 Å². The monoisotopic (exact) mass is 443 g/mol. The molecule has 0 spiro atoms. The highest BCUT2D eigenvalue weighted by molar-refractivity contribution is 5.89. The van der Waals surface area contributed by atoms with Gasteiger partial charge in [0.2, 0.25) is 5.82 Å². The smallest absolute Gasteiger partial charge is 0.490 e. The predicted molar refractivity (Wildman–Crippen MR) is 111 cm³/mol. The molecule has 1 aliphatic carbocycles. The Morgan fingerprint density at radius 1 is 1.09 bits per heavy atom. The molecule has 2 heterocycles. The number of rotatable bonds is 5. The van der Waals surface area contributed by atoms with Crippen molar-refractivity contribution in [2.75, 3.05) is 0 Å². The first-order chi connectivity index (χ1) is 15.3. The van der Waals surface area contributed by atoms with E-state index in [0.29, 0.717) is 11.4 Å². The summed E-state index contributed by atoms with van der Waals surface area (Å²) in [6, 6.07) is 9.72. The first-order valence-corrected chi connectivity index (χ1v) is 10.3. The summed E-state index contributed by atoms with van der Waals surface area (Å²) < 4.78 is 53.0. The summed E-state index contributed by atoms with van der Waals surface area (Å²) in [5, 5.41) is 5.24. The van der Waals surface area contributed by atoms with Crippen LogP contribution >= 0.6 is 0 Å². The second-order valence-corrected chi connectivity index (χ2v) is 7.99. The maximum Gasteiger partial charge on any atom is 0.573 e. The number of nitrogens with one attached hydrogen (secondary N) is 1. The molecule has 2 aromatic carbocycles. The minimum Gasteiger partial charge on any atom is -0.490 e. The van der Waals surface area contributed by atoms with E-state index in [1.165, 1.54) is 29.5 Å². The molecule has 0 unspecified atom stereocenters. The number of aromatic nitrogens is 3. The first-order valence-electron chi connectivity index (χ1n) is 10.3. The van der Waals surface area contributed by atoms with Crippen molar-refractivity contribution < 1.29 is 27.2 Å². The molecule has 5 rings (SSSR count). The quantitative estimate of drug-likeness (QED) is 0.406. The summed E-state index contributed by atoms with van der Waals surface area (Å²) in [5.41, 5.74) is 4.87. The number of nitrogens with zero attached hydrogens (tertiary/aromatic N) is 2. The maximum absolute atomic E-state index is 12.6. The third-order valence-corrected chi connectivity index (χ3v) is 5.31. The van der Waals surface area contributed by atoms with E-state index in [1.807, 2.05) is 18.2 Å². The van der Waals surface area contributed by atoms with E-state index in [4.69, 9.17) is 9.26 Å². The van der Waals surface area contributed by atoms with Crippen LogP contribution in [0.5, 0.6) is 11.5 Å². The average molecular weight is 443 g/mol. The van der Waals surface area contributed by atoms with E-state index in [2.05, 4.69) is 19.9 Å².